The van der Waals surface area contributed by atoms with Gasteiger partial charge in [-0.15, -0.1) is 0 Å². The molecule has 0 saturated heterocycles. The van der Waals surface area contributed by atoms with Crippen LogP contribution in [0.15, 0.2) is 79.1 Å². The van der Waals surface area contributed by atoms with E-state index in [2.05, 4.69) is 9.97 Å². The number of fused-ring (bicyclic) bond motifs is 2. The first-order valence-corrected chi connectivity index (χ1v) is 12.8. The van der Waals surface area contributed by atoms with Gasteiger partial charge in [0.05, 0.1) is 21.8 Å². The standard InChI is InChI=1S/C30H24N2O8/c1-3-5-25(33)37-19-11-13-23-21(15-19)29(35)39-27(31-23)17-7-9-18(10-8-17)28-32-24-14-12-20(38-26(34)6-4-2)16-22(24)30(36)40-28/h7-16H,3-6H2,1-2H3. The van der Waals surface area contributed by atoms with Crippen molar-refractivity contribution in [3.05, 3.63) is 81.5 Å². The largest absolute Gasteiger partial charge is 0.427 e. The Bertz CT molecular complexity index is 1720. The Labute approximate surface area is 227 Å². The lowest BCUT2D eigenvalue weighted by atomic mass is 10.1. The van der Waals surface area contributed by atoms with E-state index in [1.807, 2.05) is 13.8 Å². The van der Waals surface area contributed by atoms with Gasteiger partial charge in [0.2, 0.25) is 11.8 Å². The zero-order valence-electron chi connectivity index (χ0n) is 21.8. The summed E-state index contributed by atoms with van der Waals surface area (Å²) in [6.45, 7) is 3.74. The molecule has 0 spiro atoms. The number of rotatable bonds is 8. The number of hydrogen-bond donors (Lipinski definition) is 0. The third-order valence-corrected chi connectivity index (χ3v) is 5.95. The summed E-state index contributed by atoms with van der Waals surface area (Å²) in [6.07, 6.45) is 1.85. The summed E-state index contributed by atoms with van der Waals surface area (Å²) in [4.78, 5) is 57.7. The maximum Gasteiger partial charge on any atom is 0.347 e. The molecule has 0 aliphatic rings. The molecule has 2 heterocycles. The van der Waals surface area contributed by atoms with Crippen molar-refractivity contribution in [3.63, 3.8) is 0 Å². The fourth-order valence-electron chi connectivity index (χ4n) is 4.00. The maximum atomic E-state index is 12.7. The van der Waals surface area contributed by atoms with Gasteiger partial charge in [-0.25, -0.2) is 19.6 Å². The summed E-state index contributed by atoms with van der Waals surface area (Å²) in [5.41, 5.74) is 0.546. The van der Waals surface area contributed by atoms with Gasteiger partial charge in [-0.2, -0.15) is 0 Å². The van der Waals surface area contributed by atoms with Gasteiger partial charge < -0.3 is 18.3 Å². The van der Waals surface area contributed by atoms with Crippen LogP contribution in [-0.4, -0.2) is 21.9 Å². The van der Waals surface area contributed by atoms with E-state index in [9.17, 15) is 19.2 Å². The highest BCUT2D eigenvalue weighted by Gasteiger charge is 2.14. The number of carbonyl (C=O) groups is 2. The molecule has 0 unspecified atom stereocenters. The van der Waals surface area contributed by atoms with Crippen molar-refractivity contribution < 1.29 is 27.9 Å². The molecule has 0 N–H and O–H groups in total. The molecule has 3 aromatic carbocycles. The summed E-state index contributed by atoms with van der Waals surface area (Å²) in [6, 6.07) is 15.8. The zero-order valence-corrected chi connectivity index (χ0v) is 21.8. The SMILES string of the molecule is CCCC(=O)Oc1ccc2nc(-c3ccc(-c4nc5ccc(OC(=O)CCC)cc5c(=O)o4)cc3)oc(=O)c2c1. The average molecular weight is 541 g/mol. The van der Waals surface area contributed by atoms with E-state index < -0.39 is 11.3 Å². The van der Waals surface area contributed by atoms with E-state index in [0.29, 0.717) is 35.0 Å². The lowest BCUT2D eigenvalue weighted by Crippen LogP contribution is -2.08. The fraction of sp³-hybridized carbons (Fsp3) is 0.200. The summed E-state index contributed by atoms with van der Waals surface area (Å²) < 4.78 is 21.4. The van der Waals surface area contributed by atoms with Gasteiger partial charge in [0.25, 0.3) is 0 Å². The molecule has 10 heteroatoms. The molecule has 5 rings (SSSR count). The monoisotopic (exact) mass is 540 g/mol. The van der Waals surface area contributed by atoms with Crippen LogP contribution in [0.5, 0.6) is 11.5 Å². The van der Waals surface area contributed by atoms with E-state index in [1.54, 1.807) is 48.5 Å². The molecule has 0 bridgehead atoms. The number of benzene rings is 3. The topological polar surface area (TPSA) is 139 Å². The molecule has 2 aromatic heterocycles. The Morgan fingerprint density at radius 3 is 1.43 bits per heavy atom. The van der Waals surface area contributed by atoms with Crippen LogP contribution >= 0.6 is 0 Å². The average Bonchev–Trinajstić information content (AvgIpc) is 2.94. The van der Waals surface area contributed by atoms with E-state index in [-0.39, 0.29) is 58.8 Å². The Morgan fingerprint density at radius 1 is 0.650 bits per heavy atom. The van der Waals surface area contributed by atoms with Gasteiger partial charge in [-0.1, -0.05) is 13.8 Å². The first-order valence-electron chi connectivity index (χ1n) is 12.8. The van der Waals surface area contributed by atoms with Crippen LogP contribution in [-0.2, 0) is 9.59 Å². The molecule has 5 aromatic rings. The smallest absolute Gasteiger partial charge is 0.347 e. The minimum atomic E-state index is -0.626. The molecule has 40 heavy (non-hydrogen) atoms. The molecular formula is C30H24N2O8. The predicted molar refractivity (Wildman–Crippen MR) is 146 cm³/mol. The second-order valence-electron chi connectivity index (χ2n) is 9.00. The van der Waals surface area contributed by atoms with Gasteiger partial charge in [0, 0.05) is 24.0 Å². The van der Waals surface area contributed by atoms with Crippen molar-refractivity contribution in [2.45, 2.75) is 39.5 Å². The molecule has 0 saturated carbocycles. The molecular weight excluding hydrogens is 516 g/mol. The van der Waals surface area contributed by atoms with Crippen LogP contribution in [0, 0.1) is 0 Å². The molecule has 0 amide bonds. The molecule has 0 atom stereocenters. The van der Waals surface area contributed by atoms with Gasteiger partial charge in [0.1, 0.15) is 11.5 Å². The van der Waals surface area contributed by atoms with E-state index in [1.165, 1.54) is 12.1 Å². The minimum Gasteiger partial charge on any atom is -0.427 e. The van der Waals surface area contributed by atoms with Crippen LogP contribution in [0.1, 0.15) is 39.5 Å². The molecule has 10 nitrogen and oxygen atoms in total. The molecule has 0 radical (unpaired) electrons. The normalized spacial score (nSPS) is 11.1. The Morgan fingerprint density at radius 2 is 1.05 bits per heavy atom. The molecule has 0 aliphatic carbocycles. The number of aromatic nitrogens is 2. The van der Waals surface area contributed by atoms with E-state index >= 15 is 0 Å². The number of hydrogen-bond acceptors (Lipinski definition) is 10. The molecule has 0 aliphatic heterocycles. The number of nitrogens with zero attached hydrogens (tertiary/aromatic N) is 2. The van der Waals surface area contributed by atoms with Crippen molar-refractivity contribution in [1.29, 1.82) is 0 Å². The van der Waals surface area contributed by atoms with Crippen molar-refractivity contribution in [3.8, 4) is 34.4 Å². The summed E-state index contributed by atoms with van der Waals surface area (Å²) in [5.74, 6) is -0.0863. The highest BCUT2D eigenvalue weighted by molar-refractivity contribution is 5.83. The number of esters is 2. The van der Waals surface area contributed by atoms with E-state index in [4.69, 9.17) is 18.3 Å². The van der Waals surface area contributed by atoms with Crippen LogP contribution in [0.3, 0.4) is 0 Å². The highest BCUT2D eigenvalue weighted by Crippen LogP contribution is 2.26. The Balaban J connectivity index is 1.40. The fourth-order valence-corrected chi connectivity index (χ4v) is 4.00. The number of ether oxygens (including phenoxy) is 2. The first-order chi connectivity index (χ1) is 19.3. The summed E-state index contributed by atoms with van der Waals surface area (Å²) >= 11 is 0. The van der Waals surface area contributed by atoms with E-state index in [0.717, 1.165) is 0 Å². The Kier molecular flexibility index (Phi) is 7.50. The van der Waals surface area contributed by atoms with Gasteiger partial charge in [-0.05, 0) is 73.5 Å². The van der Waals surface area contributed by atoms with Crippen LogP contribution in [0.25, 0.3) is 44.7 Å². The first kappa shape index (κ1) is 26.5. The summed E-state index contributed by atoms with van der Waals surface area (Å²) in [7, 11) is 0. The van der Waals surface area contributed by atoms with Crippen molar-refractivity contribution >= 4 is 33.7 Å². The van der Waals surface area contributed by atoms with Crippen molar-refractivity contribution in [2.24, 2.45) is 0 Å². The quantitative estimate of drug-likeness (QED) is 0.185. The minimum absolute atomic E-state index is 0.0952. The Hall–Kier alpha value is -5.12. The van der Waals surface area contributed by atoms with Crippen molar-refractivity contribution in [1.82, 2.24) is 9.97 Å². The van der Waals surface area contributed by atoms with Gasteiger partial charge >= 0.3 is 23.2 Å². The lowest BCUT2D eigenvalue weighted by Gasteiger charge is -2.07. The number of carbonyl (C=O) groups excluding carboxylic acids is 2. The predicted octanol–water partition coefficient (Wildman–Crippen LogP) is 5.43. The molecule has 0 fully saturated rings. The van der Waals surface area contributed by atoms with Crippen LogP contribution in [0.4, 0.5) is 0 Å². The highest BCUT2D eigenvalue weighted by atomic mass is 16.5. The van der Waals surface area contributed by atoms with Gasteiger partial charge in [0.15, 0.2) is 0 Å². The second kappa shape index (κ2) is 11.3. The third-order valence-electron chi connectivity index (χ3n) is 5.95. The third kappa shape index (κ3) is 5.65. The van der Waals surface area contributed by atoms with Crippen LogP contribution in [0.2, 0.25) is 0 Å². The lowest BCUT2D eigenvalue weighted by molar-refractivity contribution is -0.135. The molecule has 202 valence electrons. The van der Waals surface area contributed by atoms with Crippen LogP contribution < -0.4 is 20.7 Å². The summed E-state index contributed by atoms with van der Waals surface area (Å²) in [5, 5.41) is 0.375. The zero-order chi connectivity index (χ0) is 28.2. The van der Waals surface area contributed by atoms with Gasteiger partial charge in [-0.3, -0.25) is 9.59 Å². The maximum absolute atomic E-state index is 12.7. The van der Waals surface area contributed by atoms with Crippen molar-refractivity contribution in [2.75, 3.05) is 0 Å². The second-order valence-corrected chi connectivity index (χ2v) is 9.00.